The summed E-state index contributed by atoms with van der Waals surface area (Å²) in [5.74, 6) is 0.673. The highest BCUT2D eigenvalue weighted by Gasteiger charge is 2.09. The van der Waals surface area contributed by atoms with E-state index in [1.807, 2.05) is 50.2 Å². The van der Waals surface area contributed by atoms with Gasteiger partial charge in [0.2, 0.25) is 0 Å². The molecule has 0 saturated carbocycles. The van der Waals surface area contributed by atoms with Crippen molar-refractivity contribution in [2.45, 2.75) is 13.8 Å². The van der Waals surface area contributed by atoms with Crippen LogP contribution in [0, 0.1) is 13.8 Å². The van der Waals surface area contributed by atoms with Crippen molar-refractivity contribution in [1.29, 1.82) is 0 Å². The highest BCUT2D eigenvalue weighted by molar-refractivity contribution is 5.99. The predicted octanol–water partition coefficient (Wildman–Crippen LogP) is 4.02. The summed E-state index contributed by atoms with van der Waals surface area (Å²) in [5, 5.41) is 0. The Morgan fingerprint density at radius 2 is 1.83 bits per heavy atom. The Hall–Kier alpha value is -2.88. The van der Waals surface area contributed by atoms with Gasteiger partial charge < -0.3 is 4.74 Å². The molecule has 0 N–H and O–H groups in total. The highest BCUT2D eigenvalue weighted by Crippen LogP contribution is 2.19. The first-order chi connectivity index (χ1) is 11.1. The SMILES string of the molecule is COc1ccc(C=CC(=O)n2cnc3cc(C)c(C)cc32)cc1. The van der Waals surface area contributed by atoms with E-state index in [4.69, 9.17) is 4.74 Å². The normalized spacial score (nSPS) is 11.3. The molecule has 0 atom stereocenters. The molecule has 116 valence electrons. The Labute approximate surface area is 135 Å². The quantitative estimate of drug-likeness (QED) is 0.687. The third-order valence-corrected chi connectivity index (χ3v) is 3.93. The van der Waals surface area contributed by atoms with Gasteiger partial charge in [0.1, 0.15) is 12.1 Å². The average Bonchev–Trinajstić information content (AvgIpc) is 2.96. The fourth-order valence-corrected chi connectivity index (χ4v) is 2.40. The first-order valence-corrected chi connectivity index (χ1v) is 7.39. The van der Waals surface area contributed by atoms with Gasteiger partial charge in [-0.1, -0.05) is 12.1 Å². The van der Waals surface area contributed by atoms with Crippen LogP contribution in [-0.2, 0) is 0 Å². The van der Waals surface area contributed by atoms with Crippen molar-refractivity contribution in [2.75, 3.05) is 7.11 Å². The summed E-state index contributed by atoms with van der Waals surface area (Å²) in [6.45, 7) is 4.07. The fourth-order valence-electron chi connectivity index (χ4n) is 2.40. The molecule has 0 fully saturated rings. The zero-order valence-electron chi connectivity index (χ0n) is 13.4. The smallest absolute Gasteiger partial charge is 0.256 e. The van der Waals surface area contributed by atoms with E-state index in [2.05, 4.69) is 4.98 Å². The number of benzene rings is 2. The van der Waals surface area contributed by atoms with Gasteiger partial charge in [0.25, 0.3) is 5.91 Å². The number of methoxy groups -OCH3 is 1. The van der Waals surface area contributed by atoms with Crippen molar-refractivity contribution in [1.82, 2.24) is 9.55 Å². The summed E-state index contributed by atoms with van der Waals surface area (Å²) in [7, 11) is 1.63. The minimum atomic E-state index is -0.119. The number of allylic oxidation sites excluding steroid dienone is 1. The number of hydrogen-bond acceptors (Lipinski definition) is 3. The molecule has 4 nitrogen and oxygen atoms in total. The van der Waals surface area contributed by atoms with Crippen LogP contribution < -0.4 is 4.74 Å². The van der Waals surface area contributed by atoms with Gasteiger partial charge in [-0.2, -0.15) is 0 Å². The number of aromatic nitrogens is 2. The third-order valence-electron chi connectivity index (χ3n) is 3.93. The maximum Gasteiger partial charge on any atom is 0.256 e. The summed E-state index contributed by atoms with van der Waals surface area (Å²) in [5.41, 5.74) is 4.92. The highest BCUT2D eigenvalue weighted by atomic mass is 16.5. The molecule has 4 heteroatoms. The Balaban J connectivity index is 1.88. The third kappa shape index (κ3) is 3.01. The largest absolute Gasteiger partial charge is 0.497 e. The lowest BCUT2D eigenvalue weighted by molar-refractivity contribution is 0.0974. The van der Waals surface area contributed by atoms with Crippen molar-refractivity contribution in [2.24, 2.45) is 0 Å². The lowest BCUT2D eigenvalue weighted by atomic mass is 10.1. The molecule has 0 amide bonds. The monoisotopic (exact) mass is 306 g/mol. The Bertz CT molecular complexity index is 890. The number of carbonyl (C=O) groups excluding carboxylic acids is 1. The Kier molecular flexibility index (Phi) is 3.98. The number of carbonyl (C=O) groups is 1. The Morgan fingerprint density at radius 3 is 2.52 bits per heavy atom. The molecule has 0 aliphatic rings. The lowest BCUT2D eigenvalue weighted by Gasteiger charge is -2.02. The zero-order chi connectivity index (χ0) is 16.4. The molecule has 0 bridgehead atoms. The van der Waals surface area contributed by atoms with Gasteiger partial charge in [-0.3, -0.25) is 9.36 Å². The molecule has 0 aliphatic carbocycles. The molecule has 1 aromatic heterocycles. The van der Waals surface area contributed by atoms with Crippen molar-refractivity contribution in [3.8, 4) is 5.75 Å². The summed E-state index contributed by atoms with van der Waals surface area (Å²) in [6.07, 6.45) is 4.91. The maximum atomic E-state index is 12.4. The van der Waals surface area contributed by atoms with Crippen molar-refractivity contribution in [3.05, 3.63) is 65.5 Å². The molecule has 0 saturated heterocycles. The summed E-state index contributed by atoms with van der Waals surface area (Å²) in [6, 6.07) is 11.5. The topological polar surface area (TPSA) is 44.1 Å². The van der Waals surface area contributed by atoms with Crippen molar-refractivity contribution in [3.63, 3.8) is 0 Å². The molecule has 0 spiro atoms. The summed E-state index contributed by atoms with van der Waals surface area (Å²) >= 11 is 0. The van der Waals surface area contributed by atoms with Crippen molar-refractivity contribution >= 4 is 23.0 Å². The molecule has 0 unspecified atom stereocenters. The van der Waals surface area contributed by atoms with Gasteiger partial charge in [0.15, 0.2) is 0 Å². The van der Waals surface area contributed by atoms with E-state index in [1.54, 1.807) is 30.2 Å². The number of nitrogens with zero attached hydrogens (tertiary/aromatic N) is 2. The number of imidazole rings is 1. The molecular formula is C19H18N2O2. The van der Waals surface area contributed by atoms with Gasteiger partial charge in [-0.15, -0.1) is 0 Å². The van der Waals surface area contributed by atoms with Gasteiger partial charge in [-0.25, -0.2) is 4.98 Å². The molecule has 0 aliphatic heterocycles. The van der Waals surface area contributed by atoms with Crippen LogP contribution in [-0.4, -0.2) is 22.6 Å². The molecule has 2 aromatic carbocycles. The number of hydrogen-bond donors (Lipinski definition) is 0. The predicted molar refractivity (Wildman–Crippen MR) is 91.9 cm³/mol. The van der Waals surface area contributed by atoms with Crippen LogP contribution in [0.3, 0.4) is 0 Å². The minimum Gasteiger partial charge on any atom is -0.497 e. The number of rotatable bonds is 3. The molecule has 1 heterocycles. The summed E-state index contributed by atoms with van der Waals surface area (Å²) in [4.78, 5) is 16.7. The van der Waals surface area contributed by atoms with Crippen LogP contribution in [0.4, 0.5) is 0 Å². The molecule has 0 radical (unpaired) electrons. The van der Waals surface area contributed by atoms with E-state index in [9.17, 15) is 4.79 Å². The van der Waals surface area contributed by atoms with Crippen LogP contribution in [0.2, 0.25) is 0 Å². The van der Waals surface area contributed by atoms with Crippen LogP contribution >= 0.6 is 0 Å². The van der Waals surface area contributed by atoms with Crippen LogP contribution in [0.5, 0.6) is 5.75 Å². The molecule has 3 rings (SSSR count). The first kappa shape index (κ1) is 15.0. The lowest BCUT2D eigenvalue weighted by Crippen LogP contribution is -2.05. The first-order valence-electron chi connectivity index (χ1n) is 7.39. The molecule has 23 heavy (non-hydrogen) atoms. The van der Waals surface area contributed by atoms with E-state index in [0.717, 1.165) is 27.9 Å². The van der Waals surface area contributed by atoms with Crippen LogP contribution in [0.25, 0.3) is 17.1 Å². The van der Waals surface area contributed by atoms with Gasteiger partial charge in [0.05, 0.1) is 18.1 Å². The van der Waals surface area contributed by atoms with Crippen molar-refractivity contribution < 1.29 is 9.53 Å². The van der Waals surface area contributed by atoms with Crippen LogP contribution in [0.15, 0.2) is 48.8 Å². The molecule has 3 aromatic rings. The fraction of sp³-hybridized carbons (Fsp3) is 0.158. The minimum absolute atomic E-state index is 0.119. The zero-order valence-corrected chi connectivity index (χ0v) is 13.4. The second-order valence-electron chi connectivity index (χ2n) is 5.48. The van der Waals surface area contributed by atoms with Gasteiger partial charge in [0, 0.05) is 6.08 Å². The van der Waals surface area contributed by atoms with E-state index < -0.39 is 0 Å². The number of aryl methyl sites for hydroxylation is 2. The average molecular weight is 306 g/mol. The standard InChI is InChI=1S/C19H18N2O2/c1-13-10-17-18(11-14(13)2)21(12-20-17)19(22)9-6-15-4-7-16(23-3)8-5-15/h4-12H,1-3H3. The van der Waals surface area contributed by atoms with E-state index in [-0.39, 0.29) is 5.91 Å². The van der Waals surface area contributed by atoms with Crippen LogP contribution in [0.1, 0.15) is 21.5 Å². The number of fused-ring (bicyclic) bond motifs is 1. The Morgan fingerprint density at radius 1 is 1.13 bits per heavy atom. The van der Waals surface area contributed by atoms with E-state index in [0.29, 0.717) is 0 Å². The maximum absolute atomic E-state index is 12.4. The second-order valence-corrected chi connectivity index (χ2v) is 5.48. The van der Waals surface area contributed by atoms with Gasteiger partial charge in [-0.05, 0) is 60.9 Å². The summed E-state index contributed by atoms with van der Waals surface area (Å²) < 4.78 is 6.69. The molecular weight excluding hydrogens is 288 g/mol. The van der Waals surface area contributed by atoms with E-state index >= 15 is 0 Å². The number of ether oxygens (including phenoxy) is 1. The second kappa shape index (κ2) is 6.08. The van der Waals surface area contributed by atoms with Gasteiger partial charge >= 0.3 is 0 Å². The van der Waals surface area contributed by atoms with E-state index in [1.165, 1.54) is 5.56 Å².